The highest BCUT2D eigenvalue weighted by Crippen LogP contribution is 2.16. The lowest BCUT2D eigenvalue weighted by Crippen LogP contribution is -2.06. The van der Waals surface area contributed by atoms with Crippen molar-refractivity contribution < 1.29 is 0 Å². The maximum Gasteiger partial charge on any atom is 0.195 e. The van der Waals surface area contributed by atoms with Crippen LogP contribution in [0.2, 0.25) is 0 Å². The van der Waals surface area contributed by atoms with Gasteiger partial charge in [-0.25, -0.2) is 0 Å². The van der Waals surface area contributed by atoms with Crippen LogP contribution in [-0.4, -0.2) is 7.00 Å². The minimum Gasteiger partial charge on any atom is -0.0915 e. The molecule has 1 radical (unpaired) electrons. The smallest absolute Gasteiger partial charge is 0.0915 e. The van der Waals surface area contributed by atoms with Gasteiger partial charge in [-0.1, -0.05) is 63.9 Å². The SMILES string of the molecule is IP[B]c1ccccc1. The number of hydrogen-bond acceptors (Lipinski definition) is 0. The molecule has 3 heteroatoms. The van der Waals surface area contributed by atoms with Gasteiger partial charge in [0.2, 0.25) is 0 Å². The molecule has 1 aromatic carbocycles. The largest absolute Gasteiger partial charge is 0.195 e. The summed E-state index contributed by atoms with van der Waals surface area (Å²) < 4.78 is 0. The van der Waals surface area contributed by atoms with Gasteiger partial charge < -0.3 is 0 Å². The Morgan fingerprint density at radius 2 is 1.89 bits per heavy atom. The molecule has 0 saturated carbocycles. The minimum atomic E-state index is 0.880. The first-order valence-corrected chi connectivity index (χ1v) is 6.87. The molecule has 0 saturated heterocycles. The highest BCUT2D eigenvalue weighted by atomic mass is 127. The van der Waals surface area contributed by atoms with E-state index in [4.69, 9.17) is 0 Å². The minimum absolute atomic E-state index is 0.880. The lowest BCUT2D eigenvalue weighted by atomic mass is 9.95. The van der Waals surface area contributed by atoms with Crippen molar-refractivity contribution in [3.05, 3.63) is 30.3 Å². The van der Waals surface area contributed by atoms with E-state index in [0.29, 0.717) is 0 Å². The Labute approximate surface area is 70.9 Å². The Morgan fingerprint density at radius 3 is 2.44 bits per heavy atom. The summed E-state index contributed by atoms with van der Waals surface area (Å²) in [6, 6.07) is 10.4. The number of hydrogen-bond donors (Lipinski definition) is 0. The van der Waals surface area contributed by atoms with E-state index in [-0.39, 0.29) is 0 Å². The zero-order valence-electron chi connectivity index (χ0n) is 4.84. The van der Waals surface area contributed by atoms with Gasteiger partial charge in [-0.2, -0.15) is 0 Å². The molecule has 1 aromatic rings. The van der Waals surface area contributed by atoms with Crippen LogP contribution in [0.5, 0.6) is 0 Å². The van der Waals surface area contributed by atoms with Crippen molar-refractivity contribution in [1.82, 2.24) is 0 Å². The quantitative estimate of drug-likeness (QED) is 0.425. The van der Waals surface area contributed by atoms with E-state index in [9.17, 15) is 0 Å². The first-order valence-electron chi connectivity index (χ1n) is 2.68. The predicted molar refractivity (Wildman–Crippen MR) is 54.2 cm³/mol. The van der Waals surface area contributed by atoms with Crippen LogP contribution in [0.4, 0.5) is 0 Å². The molecule has 45 valence electrons. The second-order valence-corrected chi connectivity index (χ2v) is 4.04. The van der Waals surface area contributed by atoms with Crippen molar-refractivity contribution in [3.8, 4) is 0 Å². The normalized spacial score (nSPS) is 10.3. The molecule has 0 bridgehead atoms. The molecular weight excluding hydrogens is 241 g/mol. The number of halogens is 1. The van der Waals surface area contributed by atoms with Crippen LogP contribution in [-0.2, 0) is 0 Å². The first-order chi connectivity index (χ1) is 4.43. The molecule has 0 aliphatic heterocycles. The highest BCUT2D eigenvalue weighted by Gasteiger charge is 1.88. The molecule has 1 unspecified atom stereocenters. The van der Waals surface area contributed by atoms with E-state index in [1.54, 1.807) is 0 Å². The summed E-state index contributed by atoms with van der Waals surface area (Å²) in [4.78, 5) is 0. The van der Waals surface area contributed by atoms with Crippen LogP contribution in [0.25, 0.3) is 0 Å². The summed E-state index contributed by atoms with van der Waals surface area (Å²) in [5, 5.41) is 0. The topological polar surface area (TPSA) is 0 Å². The van der Waals surface area contributed by atoms with Gasteiger partial charge in [0, 0.05) is 0 Å². The fourth-order valence-corrected chi connectivity index (χ4v) is 2.01. The van der Waals surface area contributed by atoms with E-state index < -0.39 is 0 Å². The number of benzene rings is 1. The first kappa shape index (κ1) is 7.55. The summed E-state index contributed by atoms with van der Waals surface area (Å²) in [6.45, 7) is 2.22. The van der Waals surface area contributed by atoms with Crippen molar-refractivity contribution in [2.45, 2.75) is 0 Å². The summed E-state index contributed by atoms with van der Waals surface area (Å²) in [6.07, 6.45) is 0.880. The van der Waals surface area contributed by atoms with Crippen molar-refractivity contribution >= 4 is 40.6 Å². The van der Waals surface area contributed by atoms with Gasteiger partial charge in [0.05, 0.1) is 0 Å². The molecular formula is C6H6BIP. The third-order valence-electron chi connectivity index (χ3n) is 1.02. The van der Waals surface area contributed by atoms with E-state index in [1.165, 1.54) is 5.46 Å². The molecule has 0 aliphatic carbocycles. The van der Waals surface area contributed by atoms with Gasteiger partial charge in [0.15, 0.2) is 7.00 Å². The van der Waals surface area contributed by atoms with Gasteiger partial charge in [-0.15, -0.1) is 0 Å². The zero-order valence-corrected chi connectivity index (χ0v) is 8.00. The lowest BCUT2D eigenvalue weighted by molar-refractivity contribution is 1.77. The van der Waals surface area contributed by atoms with Gasteiger partial charge >= 0.3 is 0 Å². The summed E-state index contributed by atoms with van der Waals surface area (Å²) in [7, 11) is 0. The van der Waals surface area contributed by atoms with Crippen LogP contribution >= 0.6 is 28.1 Å². The molecule has 0 amide bonds. The average molecular weight is 247 g/mol. The van der Waals surface area contributed by atoms with Crippen LogP contribution < -0.4 is 5.46 Å². The van der Waals surface area contributed by atoms with Gasteiger partial charge in [0.1, 0.15) is 0 Å². The predicted octanol–water partition coefficient (Wildman–Crippen LogP) is 1.96. The van der Waals surface area contributed by atoms with Crippen molar-refractivity contribution in [3.63, 3.8) is 0 Å². The van der Waals surface area contributed by atoms with Gasteiger partial charge in [-0.05, 0) is 0 Å². The van der Waals surface area contributed by atoms with Crippen molar-refractivity contribution in [2.24, 2.45) is 0 Å². The Bertz CT molecular complexity index is 166. The van der Waals surface area contributed by atoms with Crippen molar-refractivity contribution in [1.29, 1.82) is 0 Å². The van der Waals surface area contributed by atoms with Gasteiger partial charge in [-0.3, -0.25) is 0 Å². The van der Waals surface area contributed by atoms with Crippen LogP contribution in [0.3, 0.4) is 0 Å². The standard InChI is InChI=1S/C6H6BIP/c8-9-7-6-4-2-1-3-5-6/h1-5,9H. The summed E-state index contributed by atoms with van der Waals surface area (Å²) in [5.41, 5.74) is 1.32. The van der Waals surface area contributed by atoms with Crippen LogP contribution in [0, 0.1) is 0 Å². The molecule has 1 rings (SSSR count). The molecule has 0 N–H and O–H groups in total. The monoisotopic (exact) mass is 247 g/mol. The maximum absolute atomic E-state index is 2.36. The third kappa shape index (κ3) is 2.68. The molecule has 0 aromatic heterocycles. The molecule has 0 fully saturated rings. The van der Waals surface area contributed by atoms with E-state index in [0.717, 1.165) is 6.10 Å². The van der Waals surface area contributed by atoms with Crippen LogP contribution in [0.15, 0.2) is 30.3 Å². The fourth-order valence-electron chi connectivity index (χ4n) is 0.612. The highest BCUT2D eigenvalue weighted by molar-refractivity contribution is 14.2. The summed E-state index contributed by atoms with van der Waals surface area (Å²) >= 11 is 2.36. The Hall–Kier alpha value is 0.445. The second-order valence-electron chi connectivity index (χ2n) is 1.66. The van der Waals surface area contributed by atoms with E-state index >= 15 is 0 Å². The second kappa shape index (κ2) is 4.29. The lowest BCUT2D eigenvalue weighted by Gasteiger charge is -1.91. The number of rotatable bonds is 2. The Kier molecular flexibility index (Phi) is 3.60. The summed E-state index contributed by atoms with van der Waals surface area (Å²) in [5.74, 6) is 0. The maximum atomic E-state index is 2.36. The van der Waals surface area contributed by atoms with Gasteiger partial charge in [0.25, 0.3) is 0 Å². The van der Waals surface area contributed by atoms with E-state index in [2.05, 4.69) is 53.3 Å². The molecule has 0 nitrogen and oxygen atoms in total. The molecule has 1 atom stereocenters. The zero-order chi connectivity index (χ0) is 6.53. The Balaban J connectivity index is 2.61. The average Bonchev–Trinajstić information content (AvgIpc) is 1.91. The molecule has 0 heterocycles. The fraction of sp³-hybridized carbons (Fsp3) is 0. The van der Waals surface area contributed by atoms with Crippen molar-refractivity contribution in [2.75, 3.05) is 0 Å². The van der Waals surface area contributed by atoms with E-state index in [1.807, 2.05) is 6.07 Å². The van der Waals surface area contributed by atoms with Crippen LogP contribution in [0.1, 0.15) is 0 Å². The third-order valence-corrected chi connectivity index (χ3v) is 2.40. The molecule has 0 aliphatic rings. The Morgan fingerprint density at radius 1 is 1.22 bits per heavy atom. The molecule has 0 spiro atoms. The molecule has 9 heavy (non-hydrogen) atoms.